The second-order valence-electron chi connectivity index (χ2n) is 6.21. The third-order valence-electron chi connectivity index (χ3n) is 4.85. The third kappa shape index (κ3) is 3.57. The number of hydrogen-bond acceptors (Lipinski definition) is 3. The molecule has 1 aromatic rings. The molecule has 1 aromatic heterocycles. The topological polar surface area (TPSA) is 37.8 Å². The summed E-state index contributed by atoms with van der Waals surface area (Å²) in [6.07, 6.45) is 7.60. The molecule has 0 amide bonds. The number of hydrogen-bond donors (Lipinski definition) is 1. The first kappa shape index (κ1) is 15.4. The molecule has 20 heavy (non-hydrogen) atoms. The molecule has 1 N–H and O–H groups in total. The Morgan fingerprint density at radius 3 is 2.15 bits per heavy atom. The van der Waals surface area contributed by atoms with E-state index < -0.39 is 0 Å². The van der Waals surface area contributed by atoms with E-state index >= 15 is 0 Å². The number of aryl methyl sites for hydroxylation is 2. The van der Waals surface area contributed by atoms with Crippen LogP contribution in [0.4, 0.5) is 0 Å². The van der Waals surface area contributed by atoms with E-state index in [1.165, 1.54) is 49.1 Å². The van der Waals surface area contributed by atoms with Crippen LogP contribution in [0.2, 0.25) is 0 Å². The second kappa shape index (κ2) is 7.16. The van der Waals surface area contributed by atoms with E-state index in [4.69, 9.17) is 9.97 Å². The fraction of sp³-hybridized carbons (Fsp3) is 0.765. The second-order valence-corrected chi connectivity index (χ2v) is 6.21. The van der Waals surface area contributed by atoms with Crippen molar-refractivity contribution in [2.45, 2.75) is 65.2 Å². The van der Waals surface area contributed by atoms with E-state index in [9.17, 15) is 0 Å². The summed E-state index contributed by atoms with van der Waals surface area (Å²) in [5, 5.41) is 3.20. The molecule has 2 rings (SSSR count). The summed E-state index contributed by atoms with van der Waals surface area (Å²) in [6, 6.07) is 0. The smallest absolute Gasteiger partial charge is 0.131 e. The van der Waals surface area contributed by atoms with Crippen LogP contribution in [0, 0.1) is 19.8 Å². The van der Waals surface area contributed by atoms with Gasteiger partial charge in [0.2, 0.25) is 0 Å². The van der Waals surface area contributed by atoms with Gasteiger partial charge in [0.1, 0.15) is 5.82 Å². The van der Waals surface area contributed by atoms with Crippen molar-refractivity contribution in [1.29, 1.82) is 0 Å². The highest BCUT2D eigenvalue weighted by molar-refractivity contribution is 5.25. The van der Waals surface area contributed by atoms with E-state index in [0.717, 1.165) is 24.7 Å². The van der Waals surface area contributed by atoms with Crippen LogP contribution in [0.15, 0.2) is 0 Å². The molecule has 1 saturated carbocycles. The summed E-state index contributed by atoms with van der Waals surface area (Å²) < 4.78 is 0. The lowest BCUT2D eigenvalue weighted by molar-refractivity contribution is 0.311. The van der Waals surface area contributed by atoms with E-state index in [1.807, 2.05) is 7.05 Å². The highest BCUT2D eigenvalue weighted by Gasteiger charge is 2.24. The van der Waals surface area contributed by atoms with Gasteiger partial charge in [0, 0.05) is 17.3 Å². The predicted octanol–water partition coefficient (Wildman–Crippen LogP) is 3.54. The molecule has 0 saturated heterocycles. The maximum Gasteiger partial charge on any atom is 0.131 e. The molecule has 1 fully saturated rings. The van der Waals surface area contributed by atoms with Gasteiger partial charge in [-0.3, -0.25) is 0 Å². The molecular weight excluding hydrogens is 246 g/mol. The lowest BCUT2D eigenvalue weighted by Crippen LogP contribution is -2.18. The van der Waals surface area contributed by atoms with Crippen molar-refractivity contribution in [3.05, 3.63) is 22.8 Å². The van der Waals surface area contributed by atoms with Gasteiger partial charge < -0.3 is 5.32 Å². The van der Waals surface area contributed by atoms with E-state index in [1.54, 1.807) is 0 Å². The molecular formula is C17H29N3. The van der Waals surface area contributed by atoms with Crippen molar-refractivity contribution in [2.75, 3.05) is 13.6 Å². The summed E-state index contributed by atoms with van der Waals surface area (Å²) in [5.41, 5.74) is 3.69. The molecule has 0 atom stereocenters. The first-order valence-corrected chi connectivity index (χ1v) is 8.14. The molecule has 3 heteroatoms. The zero-order valence-corrected chi connectivity index (χ0v) is 13.5. The average Bonchev–Trinajstić information content (AvgIpc) is 2.46. The minimum atomic E-state index is 0.591. The van der Waals surface area contributed by atoms with E-state index in [2.05, 4.69) is 26.1 Å². The Morgan fingerprint density at radius 1 is 1.05 bits per heavy atom. The van der Waals surface area contributed by atoms with Crippen LogP contribution in [-0.4, -0.2) is 23.6 Å². The minimum Gasteiger partial charge on any atom is -0.319 e. The van der Waals surface area contributed by atoms with Gasteiger partial charge in [0.05, 0.1) is 0 Å². The van der Waals surface area contributed by atoms with Gasteiger partial charge in [-0.2, -0.15) is 0 Å². The third-order valence-corrected chi connectivity index (χ3v) is 4.85. The summed E-state index contributed by atoms with van der Waals surface area (Å²) in [5.74, 6) is 2.62. The lowest BCUT2D eigenvalue weighted by atomic mass is 9.80. The number of rotatable bonds is 5. The van der Waals surface area contributed by atoms with Crippen LogP contribution in [0.3, 0.4) is 0 Å². The van der Waals surface area contributed by atoms with Gasteiger partial charge in [-0.25, -0.2) is 9.97 Å². The normalized spacial score (nSPS) is 23.0. The van der Waals surface area contributed by atoms with Gasteiger partial charge in [0.25, 0.3) is 0 Å². The van der Waals surface area contributed by atoms with Crippen LogP contribution in [-0.2, 0) is 6.42 Å². The summed E-state index contributed by atoms with van der Waals surface area (Å²) in [6.45, 7) is 7.58. The van der Waals surface area contributed by atoms with Crippen molar-refractivity contribution < 1.29 is 0 Å². The summed E-state index contributed by atoms with van der Waals surface area (Å²) >= 11 is 0. The fourth-order valence-corrected chi connectivity index (χ4v) is 3.39. The van der Waals surface area contributed by atoms with E-state index in [-0.39, 0.29) is 0 Å². The first-order valence-electron chi connectivity index (χ1n) is 8.14. The largest absolute Gasteiger partial charge is 0.319 e. The fourth-order valence-electron chi connectivity index (χ4n) is 3.39. The molecule has 1 aliphatic carbocycles. The van der Waals surface area contributed by atoms with Crippen LogP contribution in [0.1, 0.15) is 67.7 Å². The first-order chi connectivity index (χ1) is 9.65. The van der Waals surface area contributed by atoms with Gasteiger partial charge in [-0.1, -0.05) is 13.3 Å². The number of aromatic nitrogens is 2. The predicted molar refractivity (Wildman–Crippen MR) is 84.1 cm³/mol. The van der Waals surface area contributed by atoms with Crippen molar-refractivity contribution in [3.63, 3.8) is 0 Å². The highest BCUT2D eigenvalue weighted by atomic mass is 14.9. The summed E-state index contributed by atoms with van der Waals surface area (Å²) in [4.78, 5) is 9.65. The Morgan fingerprint density at radius 2 is 1.65 bits per heavy atom. The van der Waals surface area contributed by atoms with Crippen LogP contribution in [0.5, 0.6) is 0 Å². The van der Waals surface area contributed by atoms with E-state index in [0.29, 0.717) is 5.92 Å². The zero-order valence-electron chi connectivity index (χ0n) is 13.5. The molecule has 0 radical (unpaired) electrons. The summed E-state index contributed by atoms with van der Waals surface area (Å²) in [7, 11) is 1.99. The molecule has 1 heterocycles. The van der Waals surface area contributed by atoms with Crippen LogP contribution >= 0.6 is 0 Å². The Kier molecular flexibility index (Phi) is 5.53. The molecule has 1 aliphatic rings. The lowest BCUT2D eigenvalue weighted by Gasteiger charge is -2.27. The number of nitrogens with zero attached hydrogens (tertiary/aromatic N) is 2. The molecule has 0 bridgehead atoms. The van der Waals surface area contributed by atoms with Crippen molar-refractivity contribution >= 4 is 0 Å². The van der Waals surface area contributed by atoms with Gasteiger partial charge in [-0.15, -0.1) is 0 Å². The monoisotopic (exact) mass is 275 g/mol. The maximum atomic E-state index is 4.82. The molecule has 0 aliphatic heterocycles. The number of nitrogens with one attached hydrogen (secondary N) is 1. The Labute approximate surface area is 123 Å². The average molecular weight is 275 g/mol. The van der Waals surface area contributed by atoms with Crippen molar-refractivity contribution in [3.8, 4) is 0 Å². The Bertz CT molecular complexity index is 411. The molecule has 0 aromatic carbocycles. The highest BCUT2D eigenvalue weighted by Crippen LogP contribution is 2.35. The van der Waals surface area contributed by atoms with Crippen molar-refractivity contribution in [2.24, 2.45) is 5.92 Å². The molecule has 0 unspecified atom stereocenters. The zero-order chi connectivity index (χ0) is 14.5. The standard InChI is InChI=1S/C17H29N3/c1-5-14-6-8-15(9-7-14)17-19-12(2)16(10-11-18-4)13(3)20-17/h14-15,18H,5-11H2,1-4H3. The molecule has 3 nitrogen and oxygen atoms in total. The van der Waals surface area contributed by atoms with Gasteiger partial charge in [0.15, 0.2) is 0 Å². The Balaban J connectivity index is 2.10. The van der Waals surface area contributed by atoms with Crippen LogP contribution in [0.25, 0.3) is 0 Å². The quantitative estimate of drug-likeness (QED) is 0.893. The molecule has 112 valence electrons. The molecule has 0 spiro atoms. The van der Waals surface area contributed by atoms with Crippen LogP contribution < -0.4 is 5.32 Å². The van der Waals surface area contributed by atoms with Gasteiger partial charge in [-0.05, 0) is 71.0 Å². The number of likely N-dealkylation sites (N-methyl/N-ethyl adjacent to an activating group) is 1. The van der Waals surface area contributed by atoms with Crippen molar-refractivity contribution in [1.82, 2.24) is 15.3 Å². The Hall–Kier alpha value is -0.960. The SMILES string of the molecule is CCC1CCC(c2nc(C)c(CCNC)c(C)n2)CC1. The van der Waals surface area contributed by atoms with Gasteiger partial charge >= 0.3 is 0 Å². The minimum absolute atomic E-state index is 0.591. The maximum absolute atomic E-state index is 4.82.